The topological polar surface area (TPSA) is 63.2 Å². The zero-order valence-electron chi connectivity index (χ0n) is 11.8. The molecule has 1 atom stereocenters. The van der Waals surface area contributed by atoms with Crippen LogP contribution in [0.4, 0.5) is 0 Å². The van der Waals surface area contributed by atoms with Crippen LogP contribution in [-0.2, 0) is 21.2 Å². The van der Waals surface area contributed by atoms with Gasteiger partial charge in [-0.25, -0.2) is 8.42 Å². The number of carbonyl (C=O) groups excluding carboxylic acids is 1. The first-order chi connectivity index (χ1) is 9.53. The Morgan fingerprint density at radius 1 is 1.35 bits per heavy atom. The molecule has 1 aromatic rings. The van der Waals surface area contributed by atoms with E-state index >= 15 is 0 Å². The van der Waals surface area contributed by atoms with Gasteiger partial charge in [0.1, 0.15) is 15.6 Å². The molecule has 4 nitrogen and oxygen atoms in total. The summed E-state index contributed by atoms with van der Waals surface area (Å²) in [5, 5.41) is 3.25. The highest BCUT2D eigenvalue weighted by Gasteiger charge is 2.25. The Balaban J connectivity index is 1.97. The van der Waals surface area contributed by atoms with Crippen LogP contribution in [0.15, 0.2) is 24.3 Å². The Morgan fingerprint density at radius 3 is 2.85 bits per heavy atom. The van der Waals surface area contributed by atoms with Crippen LogP contribution in [0, 0.1) is 0 Å². The van der Waals surface area contributed by atoms with Gasteiger partial charge in [0.2, 0.25) is 0 Å². The van der Waals surface area contributed by atoms with E-state index in [1.807, 2.05) is 24.3 Å². The van der Waals surface area contributed by atoms with Crippen molar-refractivity contribution in [3.05, 3.63) is 35.4 Å². The zero-order valence-corrected chi connectivity index (χ0v) is 12.6. The van der Waals surface area contributed by atoms with Crippen LogP contribution in [-0.4, -0.2) is 32.3 Å². The highest BCUT2D eigenvalue weighted by Crippen LogP contribution is 2.25. The summed E-state index contributed by atoms with van der Waals surface area (Å²) in [5.74, 6) is 0.256. The molecule has 0 saturated carbocycles. The molecule has 0 aromatic heterocycles. The Hall–Kier alpha value is -1.20. The Labute approximate surface area is 120 Å². The van der Waals surface area contributed by atoms with Gasteiger partial charge in [0.15, 0.2) is 0 Å². The second-order valence-electron chi connectivity index (χ2n) is 5.19. The molecule has 0 spiro atoms. The maximum absolute atomic E-state index is 12.3. The molecule has 110 valence electrons. The molecule has 0 radical (unpaired) electrons. The number of fused-ring (bicyclic) bond motifs is 1. The van der Waals surface area contributed by atoms with Gasteiger partial charge in [-0.15, -0.1) is 0 Å². The minimum Gasteiger partial charge on any atom is -0.312 e. The summed E-state index contributed by atoms with van der Waals surface area (Å²) in [7, 11) is -2.97. The molecule has 0 bridgehead atoms. The van der Waals surface area contributed by atoms with Crippen molar-refractivity contribution < 1.29 is 13.2 Å². The van der Waals surface area contributed by atoms with Crippen molar-refractivity contribution in [1.29, 1.82) is 0 Å². The maximum atomic E-state index is 12.3. The molecule has 0 saturated heterocycles. The number of rotatable bonds is 6. The fourth-order valence-electron chi connectivity index (χ4n) is 2.57. The first-order valence-corrected chi connectivity index (χ1v) is 8.87. The predicted molar refractivity (Wildman–Crippen MR) is 79.5 cm³/mol. The monoisotopic (exact) mass is 295 g/mol. The van der Waals surface area contributed by atoms with Crippen LogP contribution in [0.5, 0.6) is 0 Å². The van der Waals surface area contributed by atoms with E-state index in [4.69, 9.17) is 0 Å². The molecule has 1 N–H and O–H groups in total. The average molecular weight is 295 g/mol. The quantitative estimate of drug-likeness (QED) is 0.867. The number of ketones is 1. The average Bonchev–Trinajstić information content (AvgIpc) is 2.46. The van der Waals surface area contributed by atoms with Crippen molar-refractivity contribution in [3.63, 3.8) is 0 Å². The van der Waals surface area contributed by atoms with Crippen molar-refractivity contribution in [1.82, 2.24) is 5.32 Å². The Morgan fingerprint density at radius 2 is 2.10 bits per heavy atom. The minimum absolute atomic E-state index is 0.108. The van der Waals surface area contributed by atoms with Crippen molar-refractivity contribution in [2.24, 2.45) is 0 Å². The number of benzene rings is 1. The third-order valence-electron chi connectivity index (χ3n) is 3.80. The molecule has 1 aromatic carbocycles. The van der Waals surface area contributed by atoms with E-state index < -0.39 is 9.84 Å². The van der Waals surface area contributed by atoms with Crippen LogP contribution in [0.3, 0.4) is 0 Å². The van der Waals surface area contributed by atoms with E-state index in [1.54, 1.807) is 6.92 Å². The fourth-order valence-corrected chi connectivity index (χ4v) is 3.44. The van der Waals surface area contributed by atoms with Crippen LogP contribution < -0.4 is 5.32 Å². The summed E-state index contributed by atoms with van der Waals surface area (Å²) in [4.78, 5) is 12.3. The molecule has 0 amide bonds. The van der Waals surface area contributed by atoms with Gasteiger partial charge in [-0.2, -0.15) is 0 Å². The standard InChI is InChI=1S/C15H21NO3S/c1-2-20(18,19)9-5-8-15(17)14-11-16-10-12-6-3-4-7-13(12)14/h3-4,6-7,14,16H,2,5,8-11H2,1H3. The number of hydrogen-bond donors (Lipinski definition) is 1. The first-order valence-electron chi connectivity index (χ1n) is 7.05. The lowest BCUT2D eigenvalue weighted by atomic mass is 9.86. The van der Waals surface area contributed by atoms with Gasteiger partial charge < -0.3 is 5.32 Å². The van der Waals surface area contributed by atoms with Crippen LogP contribution in [0.2, 0.25) is 0 Å². The third-order valence-corrected chi connectivity index (χ3v) is 5.59. The Kier molecular flexibility index (Phi) is 4.94. The molecule has 1 aliphatic heterocycles. The van der Waals surface area contributed by atoms with Crippen LogP contribution in [0.25, 0.3) is 0 Å². The molecule has 20 heavy (non-hydrogen) atoms. The van der Waals surface area contributed by atoms with Gasteiger partial charge in [-0.3, -0.25) is 4.79 Å². The zero-order chi connectivity index (χ0) is 14.6. The number of Topliss-reactive ketones (excluding diaryl/α,β-unsaturated/α-hetero) is 1. The molecule has 1 aliphatic rings. The van der Waals surface area contributed by atoms with E-state index in [-0.39, 0.29) is 23.2 Å². The minimum atomic E-state index is -2.97. The van der Waals surface area contributed by atoms with E-state index in [0.29, 0.717) is 19.4 Å². The summed E-state index contributed by atoms with van der Waals surface area (Å²) >= 11 is 0. The van der Waals surface area contributed by atoms with Gasteiger partial charge in [-0.05, 0) is 17.5 Å². The molecule has 1 heterocycles. The lowest BCUT2D eigenvalue weighted by Gasteiger charge is -2.25. The second-order valence-corrected chi connectivity index (χ2v) is 7.66. The molecule has 0 fully saturated rings. The van der Waals surface area contributed by atoms with Crippen molar-refractivity contribution >= 4 is 15.6 Å². The summed E-state index contributed by atoms with van der Waals surface area (Å²) in [5.41, 5.74) is 2.26. The third kappa shape index (κ3) is 3.67. The summed E-state index contributed by atoms with van der Waals surface area (Å²) < 4.78 is 22.9. The van der Waals surface area contributed by atoms with Crippen LogP contribution in [0.1, 0.15) is 36.8 Å². The maximum Gasteiger partial charge on any atom is 0.150 e. The smallest absolute Gasteiger partial charge is 0.150 e. The van der Waals surface area contributed by atoms with Gasteiger partial charge in [-0.1, -0.05) is 31.2 Å². The van der Waals surface area contributed by atoms with Gasteiger partial charge in [0.25, 0.3) is 0 Å². The number of hydrogen-bond acceptors (Lipinski definition) is 4. The van der Waals surface area contributed by atoms with Crippen molar-refractivity contribution in [2.45, 2.75) is 32.2 Å². The second kappa shape index (κ2) is 6.50. The van der Waals surface area contributed by atoms with Gasteiger partial charge in [0.05, 0.1) is 11.7 Å². The predicted octanol–water partition coefficient (Wildman–Crippen LogP) is 1.66. The first kappa shape index (κ1) is 15.2. The SMILES string of the molecule is CCS(=O)(=O)CCCC(=O)C1CNCc2ccccc21. The number of nitrogens with one attached hydrogen (secondary N) is 1. The number of carbonyl (C=O) groups is 1. The van der Waals surface area contributed by atoms with E-state index in [2.05, 4.69) is 5.32 Å². The van der Waals surface area contributed by atoms with Crippen LogP contribution >= 0.6 is 0 Å². The number of sulfone groups is 1. The summed E-state index contributed by atoms with van der Waals surface area (Å²) in [6, 6.07) is 7.96. The van der Waals surface area contributed by atoms with Gasteiger partial charge in [0, 0.05) is 25.3 Å². The van der Waals surface area contributed by atoms with Gasteiger partial charge >= 0.3 is 0 Å². The normalized spacial score (nSPS) is 18.6. The molecule has 5 heteroatoms. The Bertz CT molecular complexity index is 581. The lowest BCUT2D eigenvalue weighted by Crippen LogP contribution is -2.32. The van der Waals surface area contributed by atoms with Crippen molar-refractivity contribution in [2.75, 3.05) is 18.1 Å². The summed E-state index contributed by atoms with van der Waals surface area (Å²) in [6.45, 7) is 3.08. The van der Waals surface area contributed by atoms with E-state index in [9.17, 15) is 13.2 Å². The fraction of sp³-hybridized carbons (Fsp3) is 0.533. The highest BCUT2D eigenvalue weighted by molar-refractivity contribution is 7.91. The largest absolute Gasteiger partial charge is 0.312 e. The summed E-state index contributed by atoms with van der Waals surface area (Å²) in [6.07, 6.45) is 0.758. The van der Waals surface area contributed by atoms with E-state index in [0.717, 1.165) is 12.1 Å². The molecular weight excluding hydrogens is 274 g/mol. The van der Waals surface area contributed by atoms with Crippen molar-refractivity contribution in [3.8, 4) is 0 Å². The van der Waals surface area contributed by atoms with E-state index in [1.165, 1.54) is 5.56 Å². The highest BCUT2D eigenvalue weighted by atomic mass is 32.2. The lowest BCUT2D eigenvalue weighted by molar-refractivity contribution is -0.120. The molecular formula is C15H21NO3S. The molecule has 1 unspecified atom stereocenters. The molecule has 0 aliphatic carbocycles. The molecule has 2 rings (SSSR count).